The first kappa shape index (κ1) is 14.4. The number of benzene rings is 1. The number of carbonyl (C=O) groups is 1. The number of hydrogen-bond donors (Lipinski definition) is 1. The van der Waals surface area contributed by atoms with Crippen LogP contribution in [0, 0.1) is 5.92 Å². The summed E-state index contributed by atoms with van der Waals surface area (Å²) in [6.07, 6.45) is 6.41. The Morgan fingerprint density at radius 3 is 2.76 bits per heavy atom. The highest BCUT2D eigenvalue weighted by atomic mass is 16.5. The van der Waals surface area contributed by atoms with Crippen LogP contribution in [0.25, 0.3) is 0 Å². The van der Waals surface area contributed by atoms with Crippen LogP contribution in [0.4, 0.5) is 0 Å². The molecule has 0 aromatic heterocycles. The second-order valence-electron chi connectivity index (χ2n) is 6.08. The Balaban J connectivity index is 1.78. The van der Waals surface area contributed by atoms with Gasteiger partial charge in [0.05, 0.1) is 13.7 Å². The van der Waals surface area contributed by atoms with Crippen LogP contribution < -0.4 is 10.1 Å². The van der Waals surface area contributed by atoms with Crippen molar-refractivity contribution in [2.45, 2.75) is 38.3 Å². The minimum Gasteiger partial charge on any atom is -0.496 e. The van der Waals surface area contributed by atoms with E-state index in [1.54, 1.807) is 7.11 Å². The van der Waals surface area contributed by atoms with Gasteiger partial charge in [0.2, 0.25) is 5.91 Å². The maximum atomic E-state index is 12.3. The lowest BCUT2D eigenvalue weighted by Crippen LogP contribution is -2.35. The third-order valence-electron chi connectivity index (χ3n) is 4.69. The lowest BCUT2D eigenvalue weighted by Gasteiger charge is -2.31. The van der Waals surface area contributed by atoms with Crippen molar-refractivity contribution in [1.29, 1.82) is 0 Å². The van der Waals surface area contributed by atoms with E-state index >= 15 is 0 Å². The Morgan fingerprint density at radius 1 is 1.24 bits per heavy atom. The molecule has 3 rings (SSSR count). The Hall–Kier alpha value is -1.55. The average Bonchev–Trinajstić information content (AvgIpc) is 2.89. The number of amides is 1. The summed E-state index contributed by atoms with van der Waals surface area (Å²) in [5.74, 6) is 1.70. The molecule has 1 aliphatic carbocycles. The van der Waals surface area contributed by atoms with Crippen molar-refractivity contribution in [3.05, 3.63) is 29.8 Å². The molecule has 1 unspecified atom stereocenters. The number of para-hydroxylation sites is 1. The largest absolute Gasteiger partial charge is 0.496 e. The predicted octanol–water partition coefficient (Wildman–Crippen LogP) is 2.71. The first-order valence-electron chi connectivity index (χ1n) is 7.95. The number of carbonyl (C=O) groups excluding carboxylic acids is 1. The predicted molar refractivity (Wildman–Crippen MR) is 82.0 cm³/mol. The normalized spacial score (nSPS) is 23.6. The van der Waals surface area contributed by atoms with E-state index in [-0.39, 0.29) is 12.1 Å². The van der Waals surface area contributed by atoms with Crippen molar-refractivity contribution in [2.24, 2.45) is 5.92 Å². The van der Waals surface area contributed by atoms with Crippen molar-refractivity contribution in [2.75, 3.05) is 20.2 Å². The van der Waals surface area contributed by atoms with Crippen LogP contribution in [0.15, 0.2) is 24.3 Å². The molecule has 2 fully saturated rings. The van der Waals surface area contributed by atoms with E-state index in [0.717, 1.165) is 17.9 Å². The molecule has 0 radical (unpaired) electrons. The number of ether oxygens (including phenoxy) is 1. The Morgan fingerprint density at radius 2 is 2.00 bits per heavy atom. The molecule has 0 spiro atoms. The number of methoxy groups -OCH3 is 1. The smallest absolute Gasteiger partial charge is 0.238 e. The van der Waals surface area contributed by atoms with E-state index in [2.05, 4.69) is 5.32 Å². The molecule has 1 aliphatic heterocycles. The van der Waals surface area contributed by atoms with E-state index in [1.807, 2.05) is 29.2 Å². The van der Waals surface area contributed by atoms with Gasteiger partial charge in [-0.1, -0.05) is 37.5 Å². The Kier molecular flexibility index (Phi) is 4.44. The molecule has 1 aromatic carbocycles. The van der Waals surface area contributed by atoms with Gasteiger partial charge in [0.1, 0.15) is 11.9 Å². The van der Waals surface area contributed by atoms with Gasteiger partial charge in [-0.2, -0.15) is 0 Å². The van der Waals surface area contributed by atoms with Gasteiger partial charge >= 0.3 is 0 Å². The van der Waals surface area contributed by atoms with Crippen LogP contribution in [0.5, 0.6) is 5.75 Å². The second-order valence-corrected chi connectivity index (χ2v) is 6.08. The average molecular weight is 288 g/mol. The summed E-state index contributed by atoms with van der Waals surface area (Å²) in [7, 11) is 1.68. The van der Waals surface area contributed by atoms with Crippen molar-refractivity contribution >= 4 is 5.91 Å². The van der Waals surface area contributed by atoms with Crippen molar-refractivity contribution in [3.8, 4) is 5.75 Å². The van der Waals surface area contributed by atoms with E-state index in [9.17, 15) is 4.79 Å². The number of nitrogens with one attached hydrogen (secondary N) is 1. The van der Waals surface area contributed by atoms with Crippen LogP contribution in [-0.2, 0) is 4.79 Å². The summed E-state index contributed by atoms with van der Waals surface area (Å²) in [6, 6.07) is 7.97. The van der Waals surface area contributed by atoms with Crippen LogP contribution in [0.1, 0.15) is 43.8 Å². The summed E-state index contributed by atoms with van der Waals surface area (Å²) in [6.45, 7) is 1.30. The molecule has 2 aliphatic rings. The molecule has 114 valence electrons. The van der Waals surface area contributed by atoms with Gasteiger partial charge in [-0.25, -0.2) is 0 Å². The number of rotatable bonds is 4. The summed E-state index contributed by atoms with van der Waals surface area (Å²) < 4.78 is 5.45. The van der Waals surface area contributed by atoms with E-state index in [1.165, 1.54) is 32.1 Å². The monoisotopic (exact) mass is 288 g/mol. The molecule has 1 saturated carbocycles. The van der Waals surface area contributed by atoms with Gasteiger partial charge in [-0.15, -0.1) is 0 Å². The van der Waals surface area contributed by atoms with Gasteiger partial charge < -0.3 is 9.64 Å². The van der Waals surface area contributed by atoms with Gasteiger partial charge in [0.25, 0.3) is 0 Å². The van der Waals surface area contributed by atoms with Gasteiger partial charge in [0, 0.05) is 12.1 Å². The molecule has 1 heterocycles. The Labute approximate surface area is 126 Å². The highest BCUT2D eigenvalue weighted by molar-refractivity contribution is 5.81. The summed E-state index contributed by atoms with van der Waals surface area (Å²) in [4.78, 5) is 14.3. The molecule has 1 atom stereocenters. The molecule has 1 N–H and O–H groups in total. The SMILES string of the molecule is COc1ccccc1C1NCC(=O)N1CC1CCCCC1. The molecule has 4 nitrogen and oxygen atoms in total. The molecule has 21 heavy (non-hydrogen) atoms. The van der Waals surface area contributed by atoms with E-state index < -0.39 is 0 Å². The van der Waals surface area contributed by atoms with Crippen molar-refractivity contribution < 1.29 is 9.53 Å². The first-order valence-corrected chi connectivity index (χ1v) is 7.95. The molecule has 4 heteroatoms. The van der Waals surface area contributed by atoms with Crippen molar-refractivity contribution in [3.63, 3.8) is 0 Å². The van der Waals surface area contributed by atoms with Crippen LogP contribution in [0.3, 0.4) is 0 Å². The third-order valence-corrected chi connectivity index (χ3v) is 4.69. The van der Waals surface area contributed by atoms with E-state index in [4.69, 9.17) is 4.74 Å². The summed E-state index contributed by atoms with van der Waals surface area (Å²) >= 11 is 0. The lowest BCUT2D eigenvalue weighted by atomic mass is 9.89. The van der Waals surface area contributed by atoms with Gasteiger partial charge in [0.15, 0.2) is 0 Å². The fourth-order valence-corrected chi connectivity index (χ4v) is 3.56. The quantitative estimate of drug-likeness (QED) is 0.926. The second kappa shape index (κ2) is 6.48. The third kappa shape index (κ3) is 3.05. The minimum absolute atomic E-state index is 0.0458. The minimum atomic E-state index is -0.0458. The van der Waals surface area contributed by atoms with Crippen LogP contribution >= 0.6 is 0 Å². The first-order chi connectivity index (χ1) is 10.3. The zero-order chi connectivity index (χ0) is 14.7. The highest BCUT2D eigenvalue weighted by Gasteiger charge is 2.34. The number of nitrogens with zero attached hydrogens (tertiary/aromatic N) is 1. The maximum Gasteiger partial charge on any atom is 0.238 e. The van der Waals surface area contributed by atoms with Gasteiger partial charge in [-0.3, -0.25) is 10.1 Å². The highest BCUT2D eigenvalue weighted by Crippen LogP contribution is 2.33. The van der Waals surface area contributed by atoms with Gasteiger partial charge in [-0.05, 0) is 24.8 Å². The standard InChI is InChI=1S/C17H24N2O2/c1-21-15-10-6-5-9-14(15)17-18-11-16(20)19(17)12-13-7-3-2-4-8-13/h5-6,9-10,13,17-18H,2-4,7-8,11-12H2,1H3. The molecular weight excluding hydrogens is 264 g/mol. The number of hydrogen-bond acceptors (Lipinski definition) is 3. The van der Waals surface area contributed by atoms with Crippen LogP contribution in [0.2, 0.25) is 0 Å². The zero-order valence-corrected chi connectivity index (χ0v) is 12.7. The van der Waals surface area contributed by atoms with E-state index in [0.29, 0.717) is 12.5 Å². The zero-order valence-electron chi connectivity index (χ0n) is 12.7. The molecule has 1 aromatic rings. The summed E-state index contributed by atoms with van der Waals surface area (Å²) in [5, 5.41) is 3.33. The molecule has 1 saturated heterocycles. The molecule has 0 bridgehead atoms. The maximum absolute atomic E-state index is 12.3. The fraction of sp³-hybridized carbons (Fsp3) is 0.588. The van der Waals surface area contributed by atoms with Crippen LogP contribution in [-0.4, -0.2) is 31.0 Å². The van der Waals surface area contributed by atoms with Crippen molar-refractivity contribution in [1.82, 2.24) is 10.2 Å². The molecular formula is C17H24N2O2. The Bertz CT molecular complexity index is 497. The lowest BCUT2D eigenvalue weighted by molar-refractivity contribution is -0.128. The summed E-state index contributed by atoms with van der Waals surface area (Å²) in [5.41, 5.74) is 1.06. The molecule has 1 amide bonds. The fourth-order valence-electron chi connectivity index (χ4n) is 3.56. The topological polar surface area (TPSA) is 41.6 Å².